The number of benzene rings is 1. The predicted molar refractivity (Wildman–Crippen MR) is 107 cm³/mol. The Balaban J connectivity index is 1.36. The highest BCUT2D eigenvalue weighted by Crippen LogP contribution is 2.34. The molecule has 2 aliphatic heterocycles. The van der Waals surface area contributed by atoms with Gasteiger partial charge in [-0.2, -0.15) is 4.98 Å². The number of hydrogen-bond donors (Lipinski definition) is 2. The zero-order valence-corrected chi connectivity index (χ0v) is 16.7. The third-order valence-electron chi connectivity index (χ3n) is 5.99. The molecular weight excluding hydrogens is 389 g/mol. The molecule has 0 radical (unpaired) electrons. The molecule has 2 N–H and O–H groups in total. The first-order chi connectivity index (χ1) is 14.5. The van der Waals surface area contributed by atoms with E-state index in [1.54, 1.807) is 25.3 Å². The molecule has 1 aromatic carbocycles. The number of nitrogens with zero attached hydrogens (tertiary/aromatic N) is 6. The molecule has 0 saturated carbocycles. The smallest absolute Gasteiger partial charge is 0.223 e. The summed E-state index contributed by atoms with van der Waals surface area (Å²) in [4.78, 5) is 10.3. The van der Waals surface area contributed by atoms with Crippen molar-refractivity contribution in [1.82, 2.24) is 30.6 Å². The van der Waals surface area contributed by atoms with Crippen LogP contribution in [0.3, 0.4) is 0 Å². The molecule has 156 valence electrons. The second-order valence-electron chi connectivity index (χ2n) is 7.91. The van der Waals surface area contributed by atoms with Crippen LogP contribution in [0, 0.1) is 6.92 Å². The van der Waals surface area contributed by atoms with Gasteiger partial charge in [-0.05, 0) is 31.4 Å². The summed E-state index contributed by atoms with van der Waals surface area (Å²) in [5.41, 5.74) is 1.05. The lowest BCUT2D eigenvalue weighted by Gasteiger charge is -2.38. The number of anilines is 1. The predicted octanol–water partition coefficient (Wildman–Crippen LogP) is 2.27. The maximum atomic E-state index is 14.8. The zero-order chi connectivity index (χ0) is 20.8. The van der Waals surface area contributed by atoms with Crippen LogP contribution in [0.25, 0.3) is 22.8 Å². The van der Waals surface area contributed by atoms with Crippen LogP contribution in [-0.2, 0) is 0 Å². The van der Waals surface area contributed by atoms with Gasteiger partial charge >= 0.3 is 0 Å². The molecule has 4 atom stereocenters. The van der Waals surface area contributed by atoms with Gasteiger partial charge in [0.1, 0.15) is 11.9 Å². The number of piperidine rings is 1. The third kappa shape index (κ3) is 3.26. The first-order valence-electron chi connectivity index (χ1n) is 9.96. The Morgan fingerprint density at radius 2 is 2.10 bits per heavy atom. The quantitative estimate of drug-likeness (QED) is 0.667. The number of nitrogens with one attached hydrogen (secondary N) is 1. The van der Waals surface area contributed by atoms with Crippen molar-refractivity contribution in [2.24, 2.45) is 0 Å². The van der Waals surface area contributed by atoms with Crippen LogP contribution in [0.1, 0.15) is 25.2 Å². The molecular formula is C20H22FN7O2. The van der Waals surface area contributed by atoms with Gasteiger partial charge in [0, 0.05) is 31.6 Å². The van der Waals surface area contributed by atoms with Gasteiger partial charge < -0.3 is 19.8 Å². The lowest BCUT2D eigenvalue weighted by Crippen LogP contribution is -2.55. The molecule has 3 aromatic rings. The van der Waals surface area contributed by atoms with Crippen molar-refractivity contribution in [1.29, 1.82) is 0 Å². The summed E-state index contributed by atoms with van der Waals surface area (Å²) in [5.74, 6) is 1.60. The Bertz CT molecular complexity index is 1060. The van der Waals surface area contributed by atoms with Crippen molar-refractivity contribution < 1.29 is 14.0 Å². The standard InChI is InChI=1S/C20H22FN7O2/c1-10-23-19(27-30-10)11-3-5-13(16(29)7-11)20-22-9-17(25-26-20)28(2)15-8-12-4-6-14(24-12)18(15)21/h3,5,7,9,12,14-15,18,24,29H,4,6,8H2,1-2H3/t12-,14+,15-,18+/m0/s1. The third-order valence-corrected chi connectivity index (χ3v) is 5.99. The number of aryl methyl sites for hydroxylation is 1. The average molecular weight is 411 g/mol. The highest BCUT2D eigenvalue weighted by Gasteiger charge is 2.43. The maximum absolute atomic E-state index is 14.8. The summed E-state index contributed by atoms with van der Waals surface area (Å²) in [7, 11) is 1.83. The van der Waals surface area contributed by atoms with Gasteiger partial charge in [-0.15, -0.1) is 10.2 Å². The number of rotatable bonds is 4. The highest BCUT2D eigenvalue weighted by atomic mass is 19.1. The van der Waals surface area contributed by atoms with E-state index in [9.17, 15) is 9.50 Å². The second-order valence-corrected chi connectivity index (χ2v) is 7.91. The van der Waals surface area contributed by atoms with Crippen LogP contribution in [0.2, 0.25) is 0 Å². The van der Waals surface area contributed by atoms with Gasteiger partial charge in [-0.1, -0.05) is 11.2 Å². The average Bonchev–Trinajstić information content (AvgIpc) is 3.37. The van der Waals surface area contributed by atoms with Crippen LogP contribution in [0.4, 0.5) is 10.2 Å². The van der Waals surface area contributed by atoms with Gasteiger partial charge in [-0.3, -0.25) is 0 Å². The molecule has 5 rings (SSSR count). The zero-order valence-electron chi connectivity index (χ0n) is 16.7. The molecule has 0 spiro atoms. The van der Waals surface area contributed by atoms with Crippen molar-refractivity contribution >= 4 is 5.82 Å². The first kappa shape index (κ1) is 18.9. The molecule has 0 unspecified atom stereocenters. The first-order valence-corrected chi connectivity index (χ1v) is 9.96. The highest BCUT2D eigenvalue weighted by molar-refractivity contribution is 5.70. The van der Waals surface area contributed by atoms with Gasteiger partial charge in [-0.25, -0.2) is 9.37 Å². The SMILES string of the molecule is Cc1nc(-c2ccc(-c3ncc(N(C)[C@H]4C[C@@H]5CC[C@@H](N5)[C@H]4F)nn3)c(O)c2)no1. The molecule has 2 aliphatic rings. The van der Waals surface area contributed by atoms with Crippen LogP contribution >= 0.6 is 0 Å². The Morgan fingerprint density at radius 1 is 1.23 bits per heavy atom. The number of halogens is 1. The number of phenols is 1. The van der Waals surface area contributed by atoms with Crippen molar-refractivity contribution in [3.8, 4) is 28.5 Å². The van der Waals surface area contributed by atoms with Gasteiger partial charge in [0.15, 0.2) is 11.6 Å². The van der Waals surface area contributed by atoms with E-state index in [1.807, 2.05) is 11.9 Å². The summed E-state index contributed by atoms with van der Waals surface area (Å²) in [5, 5.41) is 26.0. The fraction of sp³-hybridized carbons (Fsp3) is 0.450. The van der Waals surface area contributed by atoms with E-state index in [4.69, 9.17) is 4.52 Å². The van der Waals surface area contributed by atoms with E-state index in [2.05, 4.69) is 30.6 Å². The van der Waals surface area contributed by atoms with E-state index >= 15 is 0 Å². The van der Waals surface area contributed by atoms with Crippen molar-refractivity contribution in [3.63, 3.8) is 0 Å². The van der Waals surface area contributed by atoms with E-state index in [-0.39, 0.29) is 23.7 Å². The Labute approximate surface area is 172 Å². The topological polar surface area (TPSA) is 113 Å². The molecule has 0 amide bonds. The molecule has 9 nitrogen and oxygen atoms in total. The fourth-order valence-electron chi connectivity index (χ4n) is 4.35. The van der Waals surface area contributed by atoms with Gasteiger partial charge in [0.25, 0.3) is 0 Å². The van der Waals surface area contributed by atoms with Crippen molar-refractivity contribution in [2.45, 2.75) is 50.5 Å². The summed E-state index contributed by atoms with van der Waals surface area (Å²) >= 11 is 0. The Morgan fingerprint density at radius 3 is 2.80 bits per heavy atom. The maximum Gasteiger partial charge on any atom is 0.223 e. The summed E-state index contributed by atoms with van der Waals surface area (Å²) in [6, 6.07) is 4.97. The number of aromatic hydroxyl groups is 1. The molecule has 2 fully saturated rings. The Kier molecular flexibility index (Phi) is 4.58. The van der Waals surface area contributed by atoms with Crippen LogP contribution in [-0.4, -0.2) is 61.8 Å². The van der Waals surface area contributed by atoms with E-state index in [0.29, 0.717) is 34.7 Å². The number of alkyl halides is 1. The summed E-state index contributed by atoms with van der Waals surface area (Å²) in [6.45, 7) is 1.70. The summed E-state index contributed by atoms with van der Waals surface area (Å²) < 4.78 is 19.8. The molecule has 30 heavy (non-hydrogen) atoms. The second kappa shape index (κ2) is 7.28. The van der Waals surface area contributed by atoms with Crippen LogP contribution in [0.15, 0.2) is 28.9 Å². The lowest BCUT2D eigenvalue weighted by atomic mass is 9.96. The monoisotopic (exact) mass is 411 g/mol. The minimum absolute atomic E-state index is 0.0170. The number of phenolic OH excluding ortho intramolecular Hbond substituents is 1. The van der Waals surface area contributed by atoms with Gasteiger partial charge in [0.2, 0.25) is 11.7 Å². The fourth-order valence-corrected chi connectivity index (χ4v) is 4.35. The van der Waals surface area contributed by atoms with Crippen LogP contribution < -0.4 is 10.2 Å². The van der Waals surface area contributed by atoms with E-state index in [0.717, 1.165) is 19.3 Å². The minimum atomic E-state index is -0.958. The number of hydrogen-bond acceptors (Lipinski definition) is 9. The van der Waals surface area contributed by atoms with Crippen molar-refractivity contribution in [3.05, 3.63) is 30.3 Å². The number of aromatic nitrogens is 5. The van der Waals surface area contributed by atoms with Crippen LogP contribution in [0.5, 0.6) is 5.75 Å². The Hall–Kier alpha value is -3.14. The largest absolute Gasteiger partial charge is 0.507 e. The molecule has 4 heterocycles. The molecule has 10 heteroatoms. The summed E-state index contributed by atoms with van der Waals surface area (Å²) in [6.07, 6.45) is 3.22. The van der Waals surface area contributed by atoms with Crippen molar-refractivity contribution in [2.75, 3.05) is 11.9 Å². The number of fused-ring (bicyclic) bond motifs is 2. The van der Waals surface area contributed by atoms with Gasteiger partial charge in [0.05, 0.1) is 17.8 Å². The normalized spacial score (nSPS) is 25.4. The molecule has 2 bridgehead atoms. The molecule has 2 saturated heterocycles. The lowest BCUT2D eigenvalue weighted by molar-refractivity contribution is 0.176. The van der Waals surface area contributed by atoms with E-state index < -0.39 is 6.17 Å². The molecule has 0 aliphatic carbocycles. The molecule has 2 aromatic heterocycles. The minimum Gasteiger partial charge on any atom is -0.507 e. The van der Waals surface area contributed by atoms with E-state index in [1.165, 1.54) is 6.07 Å².